The Morgan fingerprint density at radius 2 is 1.95 bits per heavy atom. The molecular weight excluding hydrogens is 258 g/mol. The molecule has 1 aromatic rings. The maximum absolute atomic E-state index is 11.8. The topological polar surface area (TPSA) is 63.7 Å². The van der Waals surface area contributed by atoms with Gasteiger partial charge >= 0.3 is 5.97 Å². The Morgan fingerprint density at radius 1 is 1.20 bits per heavy atom. The number of para-hydroxylation sites is 1. The average molecular weight is 275 g/mol. The third kappa shape index (κ3) is 2.87. The normalized spacial score (nSPS) is 13.6. The number of nitrogens with zero attached hydrogens (tertiary/aromatic N) is 1. The van der Waals surface area contributed by atoms with Crippen molar-refractivity contribution in [2.24, 2.45) is 0 Å². The average Bonchev–Trinajstić information content (AvgIpc) is 2.69. The van der Waals surface area contributed by atoms with E-state index in [1.807, 2.05) is 0 Å². The van der Waals surface area contributed by atoms with Gasteiger partial charge in [0, 0.05) is 0 Å². The van der Waals surface area contributed by atoms with E-state index in [-0.39, 0.29) is 6.54 Å². The Labute approximate surface area is 117 Å². The summed E-state index contributed by atoms with van der Waals surface area (Å²) in [6.07, 6.45) is 2.85. The minimum absolute atomic E-state index is 0.215. The van der Waals surface area contributed by atoms with Crippen LogP contribution >= 0.6 is 0 Å². The number of hydrogen-bond donors (Lipinski definition) is 0. The molecule has 106 valence electrons. The summed E-state index contributed by atoms with van der Waals surface area (Å²) < 4.78 is 5.06. The van der Waals surface area contributed by atoms with Crippen molar-refractivity contribution in [3.05, 3.63) is 29.8 Å². The summed E-state index contributed by atoms with van der Waals surface area (Å²) in [7, 11) is 0. The first-order valence-electron chi connectivity index (χ1n) is 6.76. The van der Waals surface area contributed by atoms with Crippen LogP contribution in [0, 0.1) is 0 Å². The van der Waals surface area contributed by atoms with Gasteiger partial charge in [-0.1, -0.05) is 31.9 Å². The van der Waals surface area contributed by atoms with Gasteiger partial charge in [-0.15, -0.1) is 0 Å². The van der Waals surface area contributed by atoms with Gasteiger partial charge in [0.15, 0.2) is 0 Å². The van der Waals surface area contributed by atoms with Gasteiger partial charge in [0.05, 0.1) is 17.9 Å². The van der Waals surface area contributed by atoms with Crippen molar-refractivity contribution >= 4 is 23.3 Å². The van der Waals surface area contributed by atoms with Crippen LogP contribution in [0.15, 0.2) is 24.3 Å². The van der Waals surface area contributed by atoms with Crippen LogP contribution in [-0.2, 0) is 14.3 Å². The van der Waals surface area contributed by atoms with Crippen molar-refractivity contribution in [3.8, 4) is 0 Å². The van der Waals surface area contributed by atoms with Crippen molar-refractivity contribution in [1.82, 2.24) is 0 Å². The molecule has 1 heterocycles. The number of carbonyl (C=O) groups excluding carboxylic acids is 3. The molecule has 1 aromatic carbocycles. The van der Waals surface area contributed by atoms with Crippen LogP contribution in [0.4, 0.5) is 5.69 Å². The van der Waals surface area contributed by atoms with E-state index in [0.717, 1.165) is 19.3 Å². The Balaban J connectivity index is 1.98. The minimum atomic E-state index is -0.670. The van der Waals surface area contributed by atoms with E-state index in [2.05, 4.69) is 6.92 Å². The summed E-state index contributed by atoms with van der Waals surface area (Å²) in [6, 6.07) is 6.66. The number of Topliss-reactive ketones (excluding diaryl/α,β-unsaturated/α-hetero) is 1. The first kappa shape index (κ1) is 14.2. The van der Waals surface area contributed by atoms with E-state index in [1.54, 1.807) is 24.3 Å². The van der Waals surface area contributed by atoms with E-state index < -0.39 is 17.7 Å². The number of benzene rings is 1. The highest BCUT2D eigenvalue weighted by molar-refractivity contribution is 6.52. The van der Waals surface area contributed by atoms with Gasteiger partial charge in [-0.25, -0.2) is 0 Å². The molecule has 5 nitrogen and oxygen atoms in total. The molecule has 0 bridgehead atoms. The monoisotopic (exact) mass is 275 g/mol. The summed E-state index contributed by atoms with van der Waals surface area (Å²) in [5.74, 6) is -1.73. The molecule has 0 fully saturated rings. The molecule has 0 spiro atoms. The molecule has 0 aromatic heterocycles. The summed E-state index contributed by atoms with van der Waals surface area (Å²) in [6.45, 7) is 2.20. The number of amides is 1. The highest BCUT2D eigenvalue weighted by Crippen LogP contribution is 2.28. The molecule has 2 rings (SSSR count). The Kier molecular flexibility index (Phi) is 4.50. The summed E-state index contributed by atoms with van der Waals surface area (Å²) in [5, 5.41) is 0. The number of carbonyl (C=O) groups is 3. The third-order valence-corrected chi connectivity index (χ3v) is 3.18. The Bertz CT molecular complexity index is 538. The SMILES string of the molecule is CCCCCOC(=O)CN1C(=O)C(=O)c2ccccc21. The number of fused-ring (bicyclic) bond motifs is 1. The molecule has 0 radical (unpaired) electrons. The molecular formula is C15H17NO4. The van der Waals surface area contributed by atoms with E-state index in [9.17, 15) is 14.4 Å². The predicted molar refractivity (Wildman–Crippen MR) is 73.6 cm³/mol. The lowest BCUT2D eigenvalue weighted by Crippen LogP contribution is -2.35. The standard InChI is InChI=1S/C15H17NO4/c1-2-3-6-9-20-13(17)10-16-12-8-5-4-7-11(12)14(18)15(16)19/h4-5,7-8H,2-3,6,9-10H2,1H3. The maximum atomic E-state index is 11.8. The minimum Gasteiger partial charge on any atom is -0.464 e. The van der Waals surface area contributed by atoms with Crippen LogP contribution in [0.1, 0.15) is 36.5 Å². The molecule has 5 heteroatoms. The zero-order chi connectivity index (χ0) is 14.5. The van der Waals surface area contributed by atoms with Crippen LogP contribution in [0.3, 0.4) is 0 Å². The highest BCUT2D eigenvalue weighted by Gasteiger charge is 2.36. The molecule has 20 heavy (non-hydrogen) atoms. The van der Waals surface area contributed by atoms with Crippen LogP contribution in [0.5, 0.6) is 0 Å². The fourth-order valence-corrected chi connectivity index (χ4v) is 2.12. The number of rotatable bonds is 6. The molecule has 0 unspecified atom stereocenters. The predicted octanol–water partition coefficient (Wildman–Crippen LogP) is 1.95. The second kappa shape index (κ2) is 6.32. The second-order valence-electron chi connectivity index (χ2n) is 4.67. The van der Waals surface area contributed by atoms with Crippen LogP contribution in [-0.4, -0.2) is 30.8 Å². The quantitative estimate of drug-likeness (QED) is 0.452. The molecule has 0 atom stereocenters. The van der Waals surface area contributed by atoms with Crippen molar-refractivity contribution in [3.63, 3.8) is 0 Å². The maximum Gasteiger partial charge on any atom is 0.326 e. The number of esters is 1. The van der Waals surface area contributed by atoms with Crippen LogP contribution in [0.2, 0.25) is 0 Å². The fourth-order valence-electron chi connectivity index (χ4n) is 2.12. The molecule has 1 aliphatic rings. The lowest BCUT2D eigenvalue weighted by atomic mass is 10.1. The number of anilines is 1. The number of ether oxygens (including phenoxy) is 1. The van der Waals surface area contributed by atoms with Crippen molar-refractivity contribution in [2.45, 2.75) is 26.2 Å². The molecule has 0 N–H and O–H groups in total. The smallest absolute Gasteiger partial charge is 0.326 e. The van der Waals surface area contributed by atoms with E-state index in [4.69, 9.17) is 4.74 Å². The molecule has 0 aliphatic carbocycles. The van der Waals surface area contributed by atoms with Crippen molar-refractivity contribution in [2.75, 3.05) is 18.1 Å². The lowest BCUT2D eigenvalue weighted by molar-refractivity contribution is -0.142. The van der Waals surface area contributed by atoms with Crippen molar-refractivity contribution in [1.29, 1.82) is 0 Å². The molecule has 0 saturated carbocycles. The van der Waals surface area contributed by atoms with E-state index in [0.29, 0.717) is 17.9 Å². The number of hydrogen-bond acceptors (Lipinski definition) is 4. The van der Waals surface area contributed by atoms with Gasteiger partial charge in [-0.2, -0.15) is 0 Å². The van der Waals surface area contributed by atoms with Gasteiger partial charge < -0.3 is 4.74 Å². The van der Waals surface area contributed by atoms with Crippen LogP contribution in [0.25, 0.3) is 0 Å². The lowest BCUT2D eigenvalue weighted by Gasteiger charge is -2.15. The Hall–Kier alpha value is -2.17. The van der Waals surface area contributed by atoms with Crippen molar-refractivity contribution < 1.29 is 19.1 Å². The largest absolute Gasteiger partial charge is 0.464 e. The third-order valence-electron chi connectivity index (χ3n) is 3.18. The van der Waals surface area contributed by atoms with E-state index in [1.165, 1.54) is 4.90 Å². The summed E-state index contributed by atoms with van der Waals surface area (Å²) >= 11 is 0. The highest BCUT2D eigenvalue weighted by atomic mass is 16.5. The Morgan fingerprint density at radius 3 is 2.70 bits per heavy atom. The van der Waals surface area contributed by atoms with Gasteiger partial charge in [0.1, 0.15) is 6.54 Å². The fraction of sp³-hybridized carbons (Fsp3) is 0.400. The second-order valence-corrected chi connectivity index (χ2v) is 4.67. The first-order valence-corrected chi connectivity index (χ1v) is 6.76. The van der Waals surface area contributed by atoms with E-state index >= 15 is 0 Å². The summed E-state index contributed by atoms with van der Waals surface area (Å²) in [5.41, 5.74) is 0.823. The van der Waals surface area contributed by atoms with Gasteiger partial charge in [0.25, 0.3) is 11.7 Å². The van der Waals surface area contributed by atoms with Gasteiger partial charge in [-0.3, -0.25) is 19.3 Å². The molecule has 1 aliphatic heterocycles. The first-order chi connectivity index (χ1) is 9.65. The molecule has 0 saturated heterocycles. The number of unbranched alkanes of at least 4 members (excludes halogenated alkanes) is 2. The summed E-state index contributed by atoms with van der Waals surface area (Å²) in [4.78, 5) is 36.5. The zero-order valence-electron chi connectivity index (χ0n) is 11.4. The van der Waals surface area contributed by atoms with Crippen LogP contribution < -0.4 is 4.90 Å². The van der Waals surface area contributed by atoms with Gasteiger partial charge in [-0.05, 0) is 18.6 Å². The zero-order valence-corrected chi connectivity index (χ0v) is 11.4. The molecule has 1 amide bonds. The van der Waals surface area contributed by atoms with Gasteiger partial charge in [0.2, 0.25) is 0 Å². The number of ketones is 1.